The van der Waals surface area contributed by atoms with Gasteiger partial charge in [-0.3, -0.25) is 9.59 Å². The van der Waals surface area contributed by atoms with E-state index in [2.05, 4.69) is 5.32 Å². The summed E-state index contributed by atoms with van der Waals surface area (Å²) in [6.45, 7) is 0.0386. The first-order valence-electron chi connectivity index (χ1n) is 7.59. The van der Waals surface area contributed by atoms with Crippen molar-refractivity contribution in [2.45, 2.75) is 42.7 Å². The van der Waals surface area contributed by atoms with Crippen molar-refractivity contribution in [3.63, 3.8) is 0 Å². The Balaban J connectivity index is 1.84. The summed E-state index contributed by atoms with van der Waals surface area (Å²) in [7, 11) is -3.79. The smallest absolute Gasteiger partial charge is 0.254 e. The van der Waals surface area contributed by atoms with Gasteiger partial charge in [0.15, 0.2) is 0 Å². The lowest BCUT2D eigenvalue weighted by molar-refractivity contribution is -0.127. The van der Waals surface area contributed by atoms with E-state index >= 15 is 0 Å². The van der Waals surface area contributed by atoms with Crippen molar-refractivity contribution in [2.75, 3.05) is 6.54 Å². The Morgan fingerprint density at radius 3 is 2.48 bits per heavy atom. The molecule has 7 nitrogen and oxygen atoms in total. The number of hydrogen-bond acceptors (Lipinski definition) is 4. The van der Waals surface area contributed by atoms with Crippen LogP contribution in [0.15, 0.2) is 29.2 Å². The molecule has 0 unspecified atom stereocenters. The first-order valence-corrected chi connectivity index (χ1v) is 9.14. The van der Waals surface area contributed by atoms with Gasteiger partial charge in [0, 0.05) is 11.6 Å². The van der Waals surface area contributed by atoms with Crippen LogP contribution in [0.2, 0.25) is 0 Å². The van der Waals surface area contributed by atoms with E-state index in [0.717, 1.165) is 25.7 Å². The summed E-state index contributed by atoms with van der Waals surface area (Å²) >= 11 is 0. The third kappa shape index (κ3) is 3.23. The molecule has 0 radical (unpaired) electrons. The van der Waals surface area contributed by atoms with Crippen LogP contribution in [0.3, 0.4) is 0 Å². The highest BCUT2D eigenvalue weighted by Crippen LogP contribution is 2.27. The summed E-state index contributed by atoms with van der Waals surface area (Å²) < 4.78 is 22.6. The molecule has 2 atom stereocenters. The largest absolute Gasteiger partial charge is 0.350 e. The zero-order chi connectivity index (χ0) is 16.6. The van der Waals surface area contributed by atoms with Crippen molar-refractivity contribution >= 4 is 21.8 Å². The maximum Gasteiger partial charge on any atom is 0.254 e. The van der Waals surface area contributed by atoms with Crippen LogP contribution in [0.25, 0.3) is 0 Å². The molecule has 1 aliphatic carbocycles. The minimum Gasteiger partial charge on any atom is -0.350 e. The monoisotopic (exact) mass is 337 g/mol. The van der Waals surface area contributed by atoms with Crippen LogP contribution in [-0.2, 0) is 14.8 Å². The van der Waals surface area contributed by atoms with Crippen molar-refractivity contribution in [1.82, 2.24) is 10.2 Å². The lowest BCUT2D eigenvalue weighted by Crippen LogP contribution is -2.62. The average molecular weight is 337 g/mol. The average Bonchev–Trinajstić information content (AvgIpc) is 2.52. The van der Waals surface area contributed by atoms with Gasteiger partial charge in [-0.05, 0) is 37.1 Å². The molecular weight excluding hydrogens is 318 g/mol. The number of benzene rings is 1. The van der Waals surface area contributed by atoms with Crippen molar-refractivity contribution in [3.8, 4) is 0 Å². The van der Waals surface area contributed by atoms with E-state index in [4.69, 9.17) is 5.14 Å². The number of sulfonamides is 1. The summed E-state index contributed by atoms with van der Waals surface area (Å²) in [5.41, 5.74) is 0.358. The number of nitrogens with one attached hydrogen (secondary N) is 1. The van der Waals surface area contributed by atoms with E-state index in [1.54, 1.807) is 4.90 Å². The van der Waals surface area contributed by atoms with E-state index in [-0.39, 0.29) is 35.3 Å². The summed E-state index contributed by atoms with van der Waals surface area (Å²) in [6.07, 6.45) is 3.83. The number of carbonyl (C=O) groups excluding carboxylic acids is 2. The Morgan fingerprint density at radius 2 is 1.83 bits per heavy atom. The number of nitrogens with zero attached hydrogens (tertiary/aromatic N) is 1. The molecule has 3 rings (SSSR count). The van der Waals surface area contributed by atoms with Crippen LogP contribution in [0.1, 0.15) is 36.0 Å². The van der Waals surface area contributed by atoms with E-state index < -0.39 is 10.0 Å². The Labute approximate surface area is 134 Å². The van der Waals surface area contributed by atoms with Crippen LogP contribution < -0.4 is 10.5 Å². The van der Waals surface area contributed by atoms with Gasteiger partial charge < -0.3 is 10.2 Å². The molecule has 1 saturated heterocycles. The molecule has 1 saturated carbocycles. The number of rotatable bonds is 2. The van der Waals surface area contributed by atoms with Gasteiger partial charge in [0.1, 0.15) is 6.54 Å². The fourth-order valence-electron chi connectivity index (χ4n) is 3.35. The van der Waals surface area contributed by atoms with Gasteiger partial charge >= 0.3 is 0 Å². The first-order chi connectivity index (χ1) is 10.9. The summed E-state index contributed by atoms with van der Waals surface area (Å²) in [4.78, 5) is 26.1. The summed E-state index contributed by atoms with van der Waals surface area (Å²) in [5, 5.41) is 8.01. The molecule has 0 aromatic heterocycles. The molecule has 1 aromatic rings. The molecule has 2 aliphatic rings. The van der Waals surface area contributed by atoms with E-state index in [9.17, 15) is 18.0 Å². The fourth-order valence-corrected chi connectivity index (χ4v) is 3.87. The number of primary sulfonamides is 1. The highest BCUT2D eigenvalue weighted by Gasteiger charge is 2.39. The second-order valence-electron chi connectivity index (χ2n) is 6.03. The number of amides is 2. The first kappa shape index (κ1) is 15.9. The van der Waals surface area contributed by atoms with E-state index in [0.29, 0.717) is 5.56 Å². The molecule has 3 N–H and O–H groups in total. The van der Waals surface area contributed by atoms with E-state index in [1.165, 1.54) is 24.3 Å². The topological polar surface area (TPSA) is 110 Å². The minimum absolute atomic E-state index is 0.00636. The number of nitrogens with two attached hydrogens (primary N) is 1. The normalized spacial score (nSPS) is 24.7. The Hall–Kier alpha value is -1.93. The van der Waals surface area contributed by atoms with Gasteiger partial charge in [0.05, 0.1) is 10.9 Å². The van der Waals surface area contributed by atoms with Crippen LogP contribution >= 0.6 is 0 Å². The van der Waals surface area contributed by atoms with Gasteiger partial charge in [0.25, 0.3) is 5.91 Å². The highest BCUT2D eigenvalue weighted by molar-refractivity contribution is 7.89. The molecular formula is C15H19N3O4S. The van der Waals surface area contributed by atoms with Gasteiger partial charge in [-0.15, -0.1) is 0 Å². The van der Waals surface area contributed by atoms with Crippen molar-refractivity contribution in [3.05, 3.63) is 29.8 Å². The molecule has 0 spiro atoms. The summed E-state index contributed by atoms with van der Waals surface area (Å²) in [6, 6.07) is 5.51. The maximum atomic E-state index is 12.7. The number of piperazine rings is 1. The maximum absolute atomic E-state index is 12.7. The highest BCUT2D eigenvalue weighted by atomic mass is 32.2. The zero-order valence-electron chi connectivity index (χ0n) is 12.6. The SMILES string of the molecule is NS(=O)(=O)c1ccc(C(=O)N2CC(=O)N[C@@H]3CCCC[C@@H]32)cc1. The summed E-state index contributed by atoms with van der Waals surface area (Å²) in [5.74, 6) is -0.402. The minimum atomic E-state index is -3.79. The molecule has 1 aliphatic heterocycles. The molecule has 8 heteroatoms. The van der Waals surface area contributed by atoms with Gasteiger partial charge in [-0.25, -0.2) is 13.6 Å². The van der Waals surface area contributed by atoms with Crippen molar-refractivity contribution in [2.24, 2.45) is 5.14 Å². The number of carbonyl (C=O) groups is 2. The third-order valence-corrected chi connectivity index (χ3v) is 5.41. The Morgan fingerprint density at radius 1 is 1.17 bits per heavy atom. The molecule has 124 valence electrons. The van der Waals surface area contributed by atoms with Gasteiger partial charge in [-0.1, -0.05) is 12.8 Å². The van der Waals surface area contributed by atoms with Crippen molar-refractivity contribution in [1.29, 1.82) is 0 Å². The lowest BCUT2D eigenvalue weighted by atomic mass is 9.87. The van der Waals surface area contributed by atoms with Crippen LogP contribution in [0.5, 0.6) is 0 Å². The predicted molar refractivity (Wildman–Crippen MR) is 83.0 cm³/mol. The fraction of sp³-hybridized carbons (Fsp3) is 0.467. The third-order valence-electron chi connectivity index (χ3n) is 4.48. The van der Waals surface area contributed by atoms with Crippen LogP contribution in [-0.4, -0.2) is 43.8 Å². The van der Waals surface area contributed by atoms with Crippen molar-refractivity contribution < 1.29 is 18.0 Å². The standard InChI is InChI=1S/C15H19N3O4S/c16-23(21,22)11-7-5-10(6-8-11)15(20)18-9-14(19)17-12-3-1-2-4-13(12)18/h5-8,12-13H,1-4,9H2,(H,17,19)(H2,16,21,22)/t12-,13+/m1/s1. The predicted octanol–water partition coefficient (Wildman–Crippen LogP) is 0.217. The number of hydrogen-bond donors (Lipinski definition) is 2. The Bertz CT molecular complexity index is 730. The second kappa shape index (κ2) is 5.93. The molecule has 1 heterocycles. The molecule has 2 fully saturated rings. The number of fused-ring (bicyclic) bond motifs is 1. The Kier molecular flexibility index (Phi) is 4.11. The lowest BCUT2D eigenvalue weighted by Gasteiger charge is -2.44. The van der Waals surface area contributed by atoms with Crippen LogP contribution in [0.4, 0.5) is 0 Å². The molecule has 0 bridgehead atoms. The zero-order valence-corrected chi connectivity index (χ0v) is 13.4. The van der Waals surface area contributed by atoms with E-state index in [1.807, 2.05) is 0 Å². The molecule has 23 heavy (non-hydrogen) atoms. The molecule has 2 amide bonds. The second-order valence-corrected chi connectivity index (χ2v) is 7.59. The molecule has 1 aromatic carbocycles. The van der Waals surface area contributed by atoms with Gasteiger partial charge in [0.2, 0.25) is 15.9 Å². The van der Waals surface area contributed by atoms with Gasteiger partial charge in [-0.2, -0.15) is 0 Å². The van der Waals surface area contributed by atoms with Crippen LogP contribution in [0, 0.1) is 0 Å². The quantitative estimate of drug-likeness (QED) is 0.804.